The fourth-order valence-electron chi connectivity index (χ4n) is 2.09. The Bertz CT molecular complexity index is 397. The lowest BCUT2D eigenvalue weighted by molar-refractivity contribution is -0.0585. The molecule has 0 saturated carbocycles. The zero-order valence-corrected chi connectivity index (χ0v) is 11.2. The average Bonchev–Trinajstić information content (AvgIpc) is 2.74. The van der Waals surface area contributed by atoms with E-state index in [2.05, 4.69) is 9.59 Å². The van der Waals surface area contributed by atoms with Gasteiger partial charge in [0.15, 0.2) is 0 Å². The Morgan fingerprint density at radius 2 is 2.12 bits per heavy atom. The van der Waals surface area contributed by atoms with Crippen molar-refractivity contribution in [2.24, 2.45) is 0 Å². The van der Waals surface area contributed by atoms with Gasteiger partial charge < -0.3 is 9.64 Å². The fraction of sp³-hybridized carbons (Fsp3) is 0.727. The molecule has 0 N–H and O–H groups in total. The minimum Gasteiger partial charge on any atom is -0.372 e. The zero-order valence-electron chi connectivity index (χ0n) is 10.3. The molecular weight excluding hydrogens is 238 g/mol. The number of carbonyl (C=O) groups is 1. The molecule has 1 saturated heterocycles. The van der Waals surface area contributed by atoms with Crippen molar-refractivity contribution in [3.8, 4) is 0 Å². The largest absolute Gasteiger partial charge is 0.372 e. The number of ether oxygens (including phenoxy) is 1. The fourth-order valence-corrected chi connectivity index (χ4v) is 2.81. The van der Waals surface area contributed by atoms with Gasteiger partial charge >= 0.3 is 0 Å². The van der Waals surface area contributed by atoms with Crippen molar-refractivity contribution in [2.45, 2.75) is 39.4 Å². The van der Waals surface area contributed by atoms with E-state index in [0.29, 0.717) is 18.0 Å². The van der Waals surface area contributed by atoms with Crippen molar-refractivity contribution in [3.63, 3.8) is 0 Å². The minimum absolute atomic E-state index is 0.0406. The number of hydrogen-bond donors (Lipinski definition) is 0. The molecule has 17 heavy (non-hydrogen) atoms. The van der Waals surface area contributed by atoms with Crippen LogP contribution >= 0.6 is 11.5 Å². The first-order valence-electron chi connectivity index (χ1n) is 5.87. The van der Waals surface area contributed by atoms with Crippen LogP contribution in [0.1, 0.15) is 36.1 Å². The van der Waals surface area contributed by atoms with Gasteiger partial charge in [-0.2, -0.15) is 0 Å². The Kier molecular flexibility index (Phi) is 3.73. The SMILES string of the molecule is CCc1nnsc1C(=O)N1CC(C)OC(C)C1. The van der Waals surface area contributed by atoms with E-state index in [-0.39, 0.29) is 18.1 Å². The van der Waals surface area contributed by atoms with E-state index >= 15 is 0 Å². The van der Waals surface area contributed by atoms with Crippen molar-refractivity contribution in [1.82, 2.24) is 14.5 Å². The van der Waals surface area contributed by atoms with Crippen molar-refractivity contribution >= 4 is 17.4 Å². The molecule has 0 aliphatic carbocycles. The number of morpholine rings is 1. The van der Waals surface area contributed by atoms with E-state index in [1.165, 1.54) is 11.5 Å². The lowest BCUT2D eigenvalue weighted by Gasteiger charge is -2.35. The molecule has 1 aromatic heterocycles. The maximum atomic E-state index is 12.3. The summed E-state index contributed by atoms with van der Waals surface area (Å²) in [5.74, 6) is 0.0406. The summed E-state index contributed by atoms with van der Waals surface area (Å²) in [6.45, 7) is 7.25. The Labute approximate surface area is 105 Å². The molecule has 2 unspecified atom stereocenters. The monoisotopic (exact) mass is 255 g/mol. The number of amides is 1. The van der Waals surface area contributed by atoms with E-state index in [1.54, 1.807) is 0 Å². The van der Waals surface area contributed by atoms with Gasteiger partial charge in [-0.15, -0.1) is 5.10 Å². The number of nitrogens with zero attached hydrogens (tertiary/aromatic N) is 3. The smallest absolute Gasteiger partial charge is 0.267 e. The van der Waals surface area contributed by atoms with Gasteiger partial charge in [0.05, 0.1) is 17.9 Å². The molecule has 5 nitrogen and oxygen atoms in total. The van der Waals surface area contributed by atoms with Crippen LogP contribution in [0.15, 0.2) is 0 Å². The molecule has 0 spiro atoms. The summed E-state index contributed by atoms with van der Waals surface area (Å²) in [4.78, 5) is 14.8. The summed E-state index contributed by atoms with van der Waals surface area (Å²) in [6.07, 6.45) is 0.926. The Hall–Kier alpha value is -1.01. The number of aromatic nitrogens is 2. The normalized spacial score (nSPS) is 25.0. The molecule has 2 heterocycles. The molecule has 1 aromatic rings. The number of aryl methyl sites for hydroxylation is 1. The Morgan fingerprint density at radius 3 is 2.71 bits per heavy atom. The molecule has 94 valence electrons. The van der Waals surface area contributed by atoms with Crippen LogP contribution in [0.4, 0.5) is 0 Å². The lowest BCUT2D eigenvalue weighted by atomic mass is 10.2. The second-order valence-corrected chi connectivity index (χ2v) is 5.12. The highest BCUT2D eigenvalue weighted by Gasteiger charge is 2.28. The zero-order chi connectivity index (χ0) is 12.4. The molecule has 0 bridgehead atoms. The van der Waals surface area contributed by atoms with Gasteiger partial charge in [0.1, 0.15) is 4.88 Å². The Morgan fingerprint density at radius 1 is 1.47 bits per heavy atom. The van der Waals surface area contributed by atoms with Crippen LogP contribution in [-0.4, -0.2) is 45.7 Å². The first-order valence-corrected chi connectivity index (χ1v) is 6.65. The summed E-state index contributed by atoms with van der Waals surface area (Å²) >= 11 is 1.19. The van der Waals surface area contributed by atoms with Crippen LogP contribution in [-0.2, 0) is 11.2 Å². The van der Waals surface area contributed by atoms with Gasteiger partial charge in [0.2, 0.25) is 0 Å². The van der Waals surface area contributed by atoms with Gasteiger partial charge in [0, 0.05) is 13.1 Å². The molecular formula is C11H17N3O2S. The molecule has 1 aliphatic heterocycles. The van der Waals surface area contributed by atoms with Crippen molar-refractivity contribution in [3.05, 3.63) is 10.6 Å². The second-order valence-electron chi connectivity index (χ2n) is 4.37. The topological polar surface area (TPSA) is 55.3 Å². The predicted octanol–water partition coefficient (Wildman–Crippen LogP) is 1.35. The molecule has 0 aromatic carbocycles. The summed E-state index contributed by atoms with van der Waals surface area (Å²) < 4.78 is 9.48. The second kappa shape index (κ2) is 5.10. The van der Waals surface area contributed by atoms with Crippen molar-refractivity contribution < 1.29 is 9.53 Å². The van der Waals surface area contributed by atoms with Crippen LogP contribution in [0.3, 0.4) is 0 Å². The third-order valence-corrected chi connectivity index (χ3v) is 3.55. The van der Waals surface area contributed by atoms with Crippen molar-refractivity contribution in [2.75, 3.05) is 13.1 Å². The Balaban J connectivity index is 2.14. The van der Waals surface area contributed by atoms with Crippen molar-refractivity contribution in [1.29, 1.82) is 0 Å². The minimum atomic E-state index is 0.0406. The van der Waals surface area contributed by atoms with E-state index in [0.717, 1.165) is 12.1 Å². The van der Waals surface area contributed by atoms with Gasteiger partial charge in [-0.3, -0.25) is 4.79 Å². The van der Waals surface area contributed by atoms with Gasteiger partial charge in [0.25, 0.3) is 5.91 Å². The third kappa shape index (κ3) is 2.63. The third-order valence-electron chi connectivity index (χ3n) is 2.79. The first kappa shape index (κ1) is 12.4. The maximum Gasteiger partial charge on any atom is 0.267 e. The molecule has 2 rings (SSSR count). The quantitative estimate of drug-likeness (QED) is 0.800. The molecule has 1 fully saturated rings. The summed E-state index contributed by atoms with van der Waals surface area (Å²) in [5.41, 5.74) is 0.798. The summed E-state index contributed by atoms with van der Waals surface area (Å²) in [7, 11) is 0. The van der Waals surface area contributed by atoms with Crippen LogP contribution in [0, 0.1) is 0 Å². The maximum absolute atomic E-state index is 12.3. The van der Waals surface area contributed by atoms with E-state index in [4.69, 9.17) is 4.74 Å². The first-order chi connectivity index (χ1) is 8.11. The number of carbonyl (C=O) groups excluding carboxylic acids is 1. The van der Waals surface area contributed by atoms with Crippen LogP contribution in [0.2, 0.25) is 0 Å². The lowest BCUT2D eigenvalue weighted by Crippen LogP contribution is -2.48. The average molecular weight is 255 g/mol. The standard InChI is InChI=1S/C11H17N3O2S/c1-4-9-10(17-13-12-9)11(15)14-5-7(2)16-8(3)6-14/h7-8H,4-6H2,1-3H3. The molecule has 0 radical (unpaired) electrons. The highest BCUT2D eigenvalue weighted by atomic mass is 32.1. The molecule has 6 heteroatoms. The highest BCUT2D eigenvalue weighted by Crippen LogP contribution is 2.18. The summed E-state index contributed by atoms with van der Waals surface area (Å²) in [5, 5.41) is 3.98. The van der Waals surface area contributed by atoms with Crippen LogP contribution in [0.5, 0.6) is 0 Å². The molecule has 2 atom stereocenters. The van der Waals surface area contributed by atoms with Crippen LogP contribution < -0.4 is 0 Å². The number of hydrogen-bond acceptors (Lipinski definition) is 5. The van der Waals surface area contributed by atoms with Gasteiger partial charge in [-0.05, 0) is 31.8 Å². The van der Waals surface area contributed by atoms with E-state index < -0.39 is 0 Å². The van der Waals surface area contributed by atoms with E-state index in [1.807, 2.05) is 25.7 Å². The highest BCUT2D eigenvalue weighted by molar-refractivity contribution is 7.08. The van der Waals surface area contributed by atoms with Gasteiger partial charge in [-0.1, -0.05) is 11.4 Å². The molecule has 1 aliphatic rings. The number of rotatable bonds is 2. The summed E-state index contributed by atoms with van der Waals surface area (Å²) in [6, 6.07) is 0. The van der Waals surface area contributed by atoms with Gasteiger partial charge in [-0.25, -0.2) is 0 Å². The van der Waals surface area contributed by atoms with E-state index in [9.17, 15) is 4.79 Å². The van der Waals surface area contributed by atoms with Crippen LogP contribution in [0.25, 0.3) is 0 Å². The molecule has 1 amide bonds. The predicted molar refractivity (Wildman–Crippen MR) is 65.2 cm³/mol.